The second-order valence-electron chi connectivity index (χ2n) is 5.28. The van der Waals surface area contributed by atoms with E-state index in [2.05, 4.69) is 19.9 Å². The maximum absolute atomic E-state index is 6.41. The normalized spacial score (nSPS) is 18.2. The second kappa shape index (κ2) is 4.06. The molecule has 0 N–H and O–H groups in total. The fourth-order valence-corrected chi connectivity index (χ4v) is 2.65. The van der Waals surface area contributed by atoms with Crippen LogP contribution in [0.5, 0.6) is 5.75 Å². The number of benzene rings is 1. The Morgan fingerprint density at radius 3 is 2.83 bits per heavy atom. The van der Waals surface area contributed by atoms with E-state index in [1.54, 1.807) is 6.26 Å². The zero-order valence-electron chi connectivity index (χ0n) is 10.4. The molecule has 3 heteroatoms. The monoisotopic (exact) mass is 262 g/mol. The van der Waals surface area contributed by atoms with Crippen molar-refractivity contribution in [2.24, 2.45) is 0 Å². The minimum absolute atomic E-state index is 0.118. The Hall–Kier alpha value is -1.41. The van der Waals surface area contributed by atoms with Crippen molar-refractivity contribution in [3.8, 4) is 5.75 Å². The van der Waals surface area contributed by atoms with Gasteiger partial charge in [-0.2, -0.15) is 0 Å². The van der Waals surface area contributed by atoms with Gasteiger partial charge in [-0.1, -0.05) is 12.1 Å². The van der Waals surface area contributed by atoms with Gasteiger partial charge in [0.2, 0.25) is 0 Å². The summed E-state index contributed by atoms with van der Waals surface area (Å²) in [5, 5.41) is -0.242. The average Bonchev–Trinajstić information content (AvgIpc) is 2.91. The molecule has 2 aromatic rings. The van der Waals surface area contributed by atoms with Crippen LogP contribution in [-0.4, -0.2) is 5.60 Å². The molecule has 1 atom stereocenters. The van der Waals surface area contributed by atoms with Gasteiger partial charge < -0.3 is 9.15 Å². The highest BCUT2D eigenvalue weighted by molar-refractivity contribution is 6.22. The molecule has 3 rings (SSSR count). The lowest BCUT2D eigenvalue weighted by atomic mass is 9.99. The highest BCUT2D eigenvalue weighted by Gasteiger charge is 2.30. The molecule has 0 aliphatic carbocycles. The van der Waals surface area contributed by atoms with Crippen molar-refractivity contribution in [1.29, 1.82) is 0 Å². The van der Waals surface area contributed by atoms with Crippen molar-refractivity contribution >= 4 is 11.6 Å². The Morgan fingerprint density at radius 1 is 1.28 bits per heavy atom. The number of hydrogen-bond acceptors (Lipinski definition) is 2. The highest BCUT2D eigenvalue weighted by atomic mass is 35.5. The van der Waals surface area contributed by atoms with Gasteiger partial charge in [0.25, 0.3) is 0 Å². The van der Waals surface area contributed by atoms with Gasteiger partial charge in [0.15, 0.2) is 0 Å². The van der Waals surface area contributed by atoms with Crippen LogP contribution in [0.2, 0.25) is 0 Å². The van der Waals surface area contributed by atoms with Crippen molar-refractivity contribution in [3.05, 3.63) is 53.5 Å². The average molecular weight is 263 g/mol. The van der Waals surface area contributed by atoms with Gasteiger partial charge in [-0.15, -0.1) is 11.6 Å². The van der Waals surface area contributed by atoms with Gasteiger partial charge >= 0.3 is 0 Å². The summed E-state index contributed by atoms with van der Waals surface area (Å²) in [5.74, 6) is 1.74. The van der Waals surface area contributed by atoms with Gasteiger partial charge in [-0.3, -0.25) is 0 Å². The number of furan rings is 1. The molecular weight excluding hydrogens is 248 g/mol. The molecule has 0 saturated heterocycles. The van der Waals surface area contributed by atoms with Crippen molar-refractivity contribution in [2.45, 2.75) is 31.2 Å². The molecular formula is C15H15ClO2. The Bertz CT molecular complexity index is 558. The first-order valence-corrected chi connectivity index (χ1v) is 6.48. The van der Waals surface area contributed by atoms with E-state index in [4.69, 9.17) is 20.8 Å². The molecule has 0 radical (unpaired) electrons. The number of fused-ring (bicyclic) bond motifs is 1. The van der Waals surface area contributed by atoms with Gasteiger partial charge in [-0.25, -0.2) is 0 Å². The van der Waals surface area contributed by atoms with Crippen molar-refractivity contribution in [1.82, 2.24) is 0 Å². The van der Waals surface area contributed by atoms with Gasteiger partial charge in [0, 0.05) is 6.42 Å². The van der Waals surface area contributed by atoms with E-state index >= 15 is 0 Å². The van der Waals surface area contributed by atoms with Crippen LogP contribution >= 0.6 is 11.6 Å². The molecule has 18 heavy (non-hydrogen) atoms. The molecule has 0 saturated carbocycles. The third kappa shape index (κ3) is 2.01. The standard InChI is InChI=1S/C15H15ClO2/c1-15(2)9-11-8-10(5-6-12(11)18-15)14(16)13-4-3-7-17-13/h3-8,14H,9H2,1-2H3. The minimum Gasteiger partial charge on any atom is -0.487 e. The topological polar surface area (TPSA) is 22.4 Å². The van der Waals surface area contributed by atoms with Crippen LogP contribution in [0.3, 0.4) is 0 Å². The summed E-state index contributed by atoms with van der Waals surface area (Å²) in [7, 11) is 0. The summed E-state index contributed by atoms with van der Waals surface area (Å²) >= 11 is 6.41. The molecule has 0 bridgehead atoms. The molecule has 1 aliphatic heterocycles. The first-order valence-electron chi connectivity index (χ1n) is 6.04. The Kier molecular flexibility index (Phi) is 2.63. The molecule has 0 amide bonds. The van der Waals surface area contributed by atoms with Crippen molar-refractivity contribution in [3.63, 3.8) is 0 Å². The number of halogens is 1. The maximum Gasteiger partial charge on any atom is 0.126 e. The summed E-state index contributed by atoms with van der Waals surface area (Å²) in [6, 6.07) is 9.86. The third-order valence-corrected chi connectivity index (χ3v) is 3.64. The number of ether oxygens (including phenoxy) is 1. The lowest BCUT2D eigenvalue weighted by Gasteiger charge is -2.16. The van der Waals surface area contributed by atoms with Gasteiger partial charge in [0.1, 0.15) is 22.5 Å². The summed E-state index contributed by atoms with van der Waals surface area (Å²) in [5.41, 5.74) is 2.15. The quantitative estimate of drug-likeness (QED) is 0.752. The lowest BCUT2D eigenvalue weighted by Crippen LogP contribution is -2.24. The Morgan fingerprint density at radius 2 is 2.11 bits per heavy atom. The summed E-state index contributed by atoms with van der Waals surface area (Å²) < 4.78 is 11.2. The molecule has 0 fully saturated rings. The number of alkyl halides is 1. The van der Waals surface area contributed by atoms with E-state index < -0.39 is 0 Å². The van der Waals surface area contributed by atoms with Crippen LogP contribution < -0.4 is 4.74 Å². The van der Waals surface area contributed by atoms with E-state index in [1.807, 2.05) is 24.3 Å². The van der Waals surface area contributed by atoms with Crippen LogP contribution in [0, 0.1) is 0 Å². The van der Waals surface area contributed by atoms with E-state index in [1.165, 1.54) is 5.56 Å². The molecule has 2 nitrogen and oxygen atoms in total. The first-order chi connectivity index (χ1) is 8.55. The van der Waals surface area contributed by atoms with Crippen LogP contribution in [0.4, 0.5) is 0 Å². The van der Waals surface area contributed by atoms with E-state index in [-0.39, 0.29) is 11.0 Å². The Balaban J connectivity index is 1.93. The molecule has 94 valence electrons. The van der Waals surface area contributed by atoms with E-state index in [0.29, 0.717) is 0 Å². The molecule has 0 spiro atoms. The largest absolute Gasteiger partial charge is 0.487 e. The molecule has 1 aliphatic rings. The first kappa shape index (κ1) is 11.7. The molecule has 1 aromatic carbocycles. The molecule has 1 unspecified atom stereocenters. The SMILES string of the molecule is CC1(C)Cc2cc(C(Cl)c3ccco3)ccc2O1. The third-order valence-electron chi connectivity index (χ3n) is 3.17. The lowest BCUT2D eigenvalue weighted by molar-refractivity contribution is 0.138. The van der Waals surface area contributed by atoms with Crippen LogP contribution in [-0.2, 0) is 6.42 Å². The summed E-state index contributed by atoms with van der Waals surface area (Å²) in [6.45, 7) is 4.19. The summed E-state index contributed by atoms with van der Waals surface area (Å²) in [4.78, 5) is 0. The van der Waals surface area contributed by atoms with Gasteiger partial charge in [0.05, 0.1) is 6.26 Å². The van der Waals surface area contributed by atoms with Gasteiger partial charge in [-0.05, 0) is 43.2 Å². The van der Waals surface area contributed by atoms with Crippen LogP contribution in [0.25, 0.3) is 0 Å². The number of hydrogen-bond donors (Lipinski definition) is 0. The maximum atomic E-state index is 6.41. The molecule has 2 heterocycles. The second-order valence-corrected chi connectivity index (χ2v) is 5.72. The zero-order chi connectivity index (χ0) is 12.8. The minimum atomic E-state index is -0.242. The molecule has 1 aromatic heterocycles. The fraction of sp³-hybridized carbons (Fsp3) is 0.333. The van der Waals surface area contributed by atoms with E-state index in [9.17, 15) is 0 Å². The predicted molar refractivity (Wildman–Crippen MR) is 71.3 cm³/mol. The predicted octanol–water partition coefficient (Wildman–Crippen LogP) is 4.32. The summed E-state index contributed by atoms with van der Waals surface area (Å²) in [6.07, 6.45) is 2.56. The smallest absolute Gasteiger partial charge is 0.126 e. The van der Waals surface area contributed by atoms with Crippen molar-refractivity contribution in [2.75, 3.05) is 0 Å². The van der Waals surface area contributed by atoms with Crippen molar-refractivity contribution < 1.29 is 9.15 Å². The Labute approximate surface area is 112 Å². The number of rotatable bonds is 2. The highest BCUT2D eigenvalue weighted by Crippen LogP contribution is 2.38. The fourth-order valence-electron chi connectivity index (χ4n) is 2.39. The van der Waals surface area contributed by atoms with E-state index in [0.717, 1.165) is 23.5 Å². The van der Waals surface area contributed by atoms with Crippen LogP contribution in [0.1, 0.15) is 36.1 Å². The zero-order valence-corrected chi connectivity index (χ0v) is 11.2. The van der Waals surface area contributed by atoms with Crippen LogP contribution in [0.15, 0.2) is 41.0 Å².